The van der Waals surface area contributed by atoms with Gasteiger partial charge in [-0.05, 0) is 25.1 Å². The summed E-state index contributed by atoms with van der Waals surface area (Å²) in [6.45, 7) is 2.20. The number of nitrogens with zero attached hydrogens (tertiary/aromatic N) is 1. The Bertz CT molecular complexity index is 529. The van der Waals surface area contributed by atoms with Gasteiger partial charge in [0.1, 0.15) is 0 Å². The van der Waals surface area contributed by atoms with Crippen molar-refractivity contribution in [1.82, 2.24) is 4.57 Å². The molecule has 0 spiro atoms. The number of esters is 1. The summed E-state index contributed by atoms with van der Waals surface area (Å²) in [6, 6.07) is 11.4. The van der Waals surface area contributed by atoms with Crippen molar-refractivity contribution in [3.05, 3.63) is 48.2 Å². The number of hydrogen-bond acceptors (Lipinski definition) is 2. The van der Waals surface area contributed by atoms with Crippen LogP contribution in [0.5, 0.6) is 0 Å². The number of ether oxygens (including phenoxy) is 1. The van der Waals surface area contributed by atoms with E-state index in [0.29, 0.717) is 12.2 Å². The average Bonchev–Trinajstić information content (AvgIpc) is 2.76. The summed E-state index contributed by atoms with van der Waals surface area (Å²) >= 11 is 0. The van der Waals surface area contributed by atoms with E-state index in [-0.39, 0.29) is 5.97 Å². The van der Waals surface area contributed by atoms with Gasteiger partial charge in [-0.25, -0.2) is 4.79 Å². The molecule has 0 atom stereocenters. The van der Waals surface area contributed by atoms with Gasteiger partial charge < -0.3 is 9.30 Å². The summed E-state index contributed by atoms with van der Waals surface area (Å²) in [5, 5.41) is 0. The first kappa shape index (κ1) is 11.5. The van der Waals surface area contributed by atoms with Crippen LogP contribution in [0, 0.1) is 0 Å². The molecule has 0 fully saturated rings. The van der Waals surface area contributed by atoms with E-state index >= 15 is 0 Å². The van der Waals surface area contributed by atoms with Crippen molar-refractivity contribution in [1.29, 1.82) is 0 Å². The fourth-order valence-corrected chi connectivity index (χ4v) is 1.83. The minimum Gasteiger partial charge on any atom is -0.462 e. The minimum atomic E-state index is -0.274. The Balaban J connectivity index is 2.48. The maximum atomic E-state index is 11.8. The van der Waals surface area contributed by atoms with Crippen molar-refractivity contribution >= 4 is 5.97 Å². The van der Waals surface area contributed by atoms with Gasteiger partial charge in [0.05, 0.1) is 12.2 Å². The van der Waals surface area contributed by atoms with Crippen molar-refractivity contribution < 1.29 is 9.53 Å². The second-order valence-electron chi connectivity index (χ2n) is 3.77. The maximum absolute atomic E-state index is 11.8. The van der Waals surface area contributed by atoms with Gasteiger partial charge in [0.2, 0.25) is 0 Å². The molecule has 3 heteroatoms. The van der Waals surface area contributed by atoms with Gasteiger partial charge >= 0.3 is 5.97 Å². The van der Waals surface area contributed by atoms with Gasteiger partial charge in [-0.15, -0.1) is 0 Å². The fourth-order valence-electron chi connectivity index (χ4n) is 1.83. The number of hydrogen-bond donors (Lipinski definition) is 0. The van der Waals surface area contributed by atoms with Crippen LogP contribution in [-0.2, 0) is 11.8 Å². The lowest BCUT2D eigenvalue weighted by Gasteiger charge is -2.09. The van der Waals surface area contributed by atoms with E-state index in [4.69, 9.17) is 4.74 Å². The van der Waals surface area contributed by atoms with Crippen LogP contribution in [0.15, 0.2) is 42.6 Å². The van der Waals surface area contributed by atoms with E-state index in [1.807, 2.05) is 55.1 Å². The van der Waals surface area contributed by atoms with Crippen LogP contribution in [0.2, 0.25) is 0 Å². The highest BCUT2D eigenvalue weighted by atomic mass is 16.5. The molecule has 0 saturated carbocycles. The molecule has 88 valence electrons. The predicted molar refractivity (Wildman–Crippen MR) is 66.8 cm³/mol. The molecule has 1 aromatic heterocycles. The van der Waals surface area contributed by atoms with Crippen LogP contribution in [0.25, 0.3) is 11.3 Å². The molecular formula is C14H15NO2. The Morgan fingerprint density at radius 1 is 1.24 bits per heavy atom. The van der Waals surface area contributed by atoms with Crippen molar-refractivity contribution in [2.75, 3.05) is 6.61 Å². The van der Waals surface area contributed by atoms with Gasteiger partial charge in [0.25, 0.3) is 0 Å². The van der Waals surface area contributed by atoms with E-state index in [1.54, 1.807) is 6.07 Å². The molecule has 17 heavy (non-hydrogen) atoms. The third-order valence-corrected chi connectivity index (χ3v) is 2.64. The van der Waals surface area contributed by atoms with Crippen molar-refractivity contribution in [3.8, 4) is 11.3 Å². The molecule has 3 nitrogen and oxygen atoms in total. The van der Waals surface area contributed by atoms with Crippen molar-refractivity contribution in [2.45, 2.75) is 6.92 Å². The Labute approximate surface area is 101 Å². The SMILES string of the molecule is CCOC(=O)c1ccccc1-c1cccn1C. The molecule has 0 saturated heterocycles. The lowest BCUT2D eigenvalue weighted by Crippen LogP contribution is -2.07. The lowest BCUT2D eigenvalue weighted by atomic mass is 10.0. The van der Waals surface area contributed by atoms with Gasteiger partial charge in [0.15, 0.2) is 0 Å². The molecule has 0 N–H and O–H groups in total. The number of aryl methyl sites for hydroxylation is 1. The number of rotatable bonds is 3. The molecule has 0 unspecified atom stereocenters. The van der Waals surface area contributed by atoms with Gasteiger partial charge in [-0.1, -0.05) is 18.2 Å². The highest BCUT2D eigenvalue weighted by molar-refractivity contribution is 5.96. The molecule has 0 aliphatic heterocycles. The molecule has 0 radical (unpaired) electrons. The third kappa shape index (κ3) is 2.23. The Kier molecular flexibility index (Phi) is 3.28. The first-order valence-electron chi connectivity index (χ1n) is 5.62. The molecule has 2 aromatic rings. The standard InChI is InChI=1S/C14H15NO2/c1-3-17-14(16)12-8-5-4-7-11(12)13-9-6-10-15(13)2/h4-10H,3H2,1-2H3. The van der Waals surface area contributed by atoms with Crippen LogP contribution in [0.3, 0.4) is 0 Å². The molecule has 0 bridgehead atoms. The van der Waals surface area contributed by atoms with Crippen LogP contribution < -0.4 is 0 Å². The summed E-state index contributed by atoms with van der Waals surface area (Å²) in [7, 11) is 1.96. The number of carbonyl (C=O) groups is 1. The molecule has 1 heterocycles. The average molecular weight is 229 g/mol. The first-order valence-corrected chi connectivity index (χ1v) is 5.62. The van der Waals surface area contributed by atoms with E-state index in [1.165, 1.54) is 0 Å². The highest BCUT2D eigenvalue weighted by Crippen LogP contribution is 2.24. The minimum absolute atomic E-state index is 0.274. The fraction of sp³-hybridized carbons (Fsp3) is 0.214. The van der Waals surface area contributed by atoms with Gasteiger partial charge in [-0.2, -0.15) is 0 Å². The smallest absolute Gasteiger partial charge is 0.338 e. The molecule has 2 rings (SSSR count). The largest absolute Gasteiger partial charge is 0.462 e. The normalized spacial score (nSPS) is 10.2. The van der Waals surface area contributed by atoms with Crippen LogP contribution in [-0.4, -0.2) is 17.1 Å². The van der Waals surface area contributed by atoms with Crippen LogP contribution in [0.4, 0.5) is 0 Å². The van der Waals surface area contributed by atoms with E-state index in [9.17, 15) is 4.79 Å². The second-order valence-corrected chi connectivity index (χ2v) is 3.77. The van der Waals surface area contributed by atoms with Crippen molar-refractivity contribution in [3.63, 3.8) is 0 Å². The summed E-state index contributed by atoms with van der Waals surface area (Å²) in [6.07, 6.45) is 1.96. The molecule has 1 aromatic carbocycles. The predicted octanol–water partition coefficient (Wildman–Crippen LogP) is 2.87. The molecular weight excluding hydrogens is 214 g/mol. The first-order chi connectivity index (χ1) is 8.24. The van der Waals surface area contributed by atoms with Crippen LogP contribution in [0.1, 0.15) is 17.3 Å². The van der Waals surface area contributed by atoms with E-state index < -0.39 is 0 Å². The lowest BCUT2D eigenvalue weighted by molar-refractivity contribution is 0.0527. The summed E-state index contributed by atoms with van der Waals surface area (Å²) in [4.78, 5) is 11.8. The zero-order valence-corrected chi connectivity index (χ0v) is 10.0. The number of carbonyl (C=O) groups excluding carboxylic acids is 1. The van der Waals surface area contributed by atoms with Gasteiger partial charge in [0, 0.05) is 24.5 Å². The van der Waals surface area contributed by atoms with Gasteiger partial charge in [-0.3, -0.25) is 0 Å². The quantitative estimate of drug-likeness (QED) is 0.758. The zero-order valence-electron chi connectivity index (χ0n) is 10.0. The number of benzene rings is 1. The zero-order chi connectivity index (χ0) is 12.3. The summed E-state index contributed by atoms with van der Waals surface area (Å²) < 4.78 is 7.04. The summed E-state index contributed by atoms with van der Waals surface area (Å²) in [5.74, 6) is -0.274. The highest BCUT2D eigenvalue weighted by Gasteiger charge is 2.14. The Morgan fingerprint density at radius 3 is 2.65 bits per heavy atom. The van der Waals surface area contributed by atoms with E-state index in [2.05, 4.69) is 0 Å². The van der Waals surface area contributed by atoms with E-state index in [0.717, 1.165) is 11.3 Å². The number of aromatic nitrogens is 1. The molecule has 0 amide bonds. The Hall–Kier alpha value is -2.03. The monoisotopic (exact) mass is 229 g/mol. The molecule has 0 aliphatic rings. The molecule has 0 aliphatic carbocycles. The van der Waals surface area contributed by atoms with Crippen molar-refractivity contribution in [2.24, 2.45) is 7.05 Å². The summed E-state index contributed by atoms with van der Waals surface area (Å²) in [5.41, 5.74) is 2.52. The second kappa shape index (κ2) is 4.87. The van der Waals surface area contributed by atoms with Crippen LogP contribution >= 0.6 is 0 Å². The topological polar surface area (TPSA) is 31.2 Å². The third-order valence-electron chi connectivity index (χ3n) is 2.64. The maximum Gasteiger partial charge on any atom is 0.338 e. The Morgan fingerprint density at radius 2 is 2.00 bits per heavy atom.